The maximum Gasteiger partial charge on any atom is 0.305 e. The third-order valence-corrected chi connectivity index (χ3v) is 15.1. The topological polar surface area (TPSA) is 95.9 Å². The molecule has 0 fully saturated rings. The van der Waals surface area contributed by atoms with Crippen molar-refractivity contribution >= 4 is 11.9 Å². The molecule has 0 aromatic heterocycles. The molecular weight excluding hydrogens is 899 g/mol. The molecule has 6 heteroatoms. The van der Waals surface area contributed by atoms with E-state index in [1.54, 1.807) is 0 Å². The number of nitrogens with one attached hydrogen (secondary N) is 1. The average molecular weight is 1030 g/mol. The van der Waals surface area contributed by atoms with Crippen LogP contribution in [0.3, 0.4) is 0 Å². The molecule has 0 spiro atoms. The maximum atomic E-state index is 12.5. The number of amides is 1. The minimum Gasteiger partial charge on any atom is -0.466 e. The largest absolute Gasteiger partial charge is 0.466 e. The van der Waals surface area contributed by atoms with Gasteiger partial charge in [0.15, 0.2) is 0 Å². The van der Waals surface area contributed by atoms with E-state index < -0.39 is 12.1 Å². The fourth-order valence-electron chi connectivity index (χ4n) is 10.1. The number of esters is 1. The number of ether oxygens (including phenoxy) is 1. The molecule has 1 amide bonds. The first-order chi connectivity index (χ1) is 36.0. The molecule has 0 bridgehead atoms. The van der Waals surface area contributed by atoms with E-state index in [4.69, 9.17) is 4.74 Å². The predicted molar refractivity (Wildman–Crippen MR) is 319 cm³/mol. The SMILES string of the molecule is CCC/C=C\C/C=C\CCCCCCCC(=O)OCCCCCCCCCCCCCC/C=C\CCCCCCCCCCCCCCC(=O)NC(CO)C(O)CCCCCCCCCCCCCCCCC. The lowest BCUT2D eigenvalue weighted by Crippen LogP contribution is -2.45. The fraction of sp³-hybridized carbons (Fsp3) is 0.881. The highest BCUT2D eigenvalue weighted by Crippen LogP contribution is 2.18. The second kappa shape index (κ2) is 62.6. The van der Waals surface area contributed by atoms with Crippen molar-refractivity contribution in [2.45, 2.75) is 366 Å². The zero-order chi connectivity index (χ0) is 52.9. The Kier molecular flexibility index (Phi) is 61.0. The van der Waals surface area contributed by atoms with Gasteiger partial charge in [0, 0.05) is 12.8 Å². The van der Waals surface area contributed by atoms with Crippen LogP contribution in [0.25, 0.3) is 0 Å². The van der Waals surface area contributed by atoms with Crippen LogP contribution in [0.5, 0.6) is 0 Å². The van der Waals surface area contributed by atoms with Crippen LogP contribution in [-0.4, -0.2) is 47.4 Å². The van der Waals surface area contributed by atoms with Crippen molar-refractivity contribution in [2.24, 2.45) is 0 Å². The molecule has 0 heterocycles. The molecular formula is C67H127NO5. The van der Waals surface area contributed by atoms with E-state index in [0.717, 1.165) is 51.4 Å². The van der Waals surface area contributed by atoms with Gasteiger partial charge in [0.1, 0.15) is 0 Å². The predicted octanol–water partition coefficient (Wildman–Crippen LogP) is 20.8. The summed E-state index contributed by atoms with van der Waals surface area (Å²) in [5, 5.41) is 23.3. The van der Waals surface area contributed by atoms with Gasteiger partial charge in [-0.15, -0.1) is 0 Å². The quantitative estimate of drug-likeness (QED) is 0.0320. The summed E-state index contributed by atoms with van der Waals surface area (Å²) < 4.78 is 5.47. The van der Waals surface area contributed by atoms with Gasteiger partial charge in [0.25, 0.3) is 0 Å². The number of allylic oxidation sites excluding steroid dienone is 6. The Morgan fingerprint density at radius 1 is 0.384 bits per heavy atom. The summed E-state index contributed by atoms with van der Waals surface area (Å²) in [5.41, 5.74) is 0. The molecule has 0 aliphatic carbocycles. The van der Waals surface area contributed by atoms with E-state index >= 15 is 0 Å². The van der Waals surface area contributed by atoms with E-state index in [1.807, 2.05) is 0 Å². The molecule has 2 atom stereocenters. The Labute approximate surface area is 455 Å². The third kappa shape index (κ3) is 59.2. The summed E-state index contributed by atoms with van der Waals surface area (Å²) in [7, 11) is 0. The molecule has 0 aromatic rings. The average Bonchev–Trinajstić information content (AvgIpc) is 3.39. The van der Waals surface area contributed by atoms with Crippen LogP contribution in [-0.2, 0) is 14.3 Å². The van der Waals surface area contributed by atoms with Gasteiger partial charge in [-0.1, -0.05) is 301 Å². The Balaban J connectivity index is 3.38. The van der Waals surface area contributed by atoms with E-state index in [-0.39, 0.29) is 18.5 Å². The molecule has 0 aliphatic heterocycles. The summed E-state index contributed by atoms with van der Waals surface area (Å²) in [5.74, 6) is -0.0325. The number of rotatable bonds is 61. The molecule has 0 saturated heterocycles. The number of unbranched alkanes of at least 4 members (excludes halogenated alkanes) is 44. The van der Waals surface area contributed by atoms with E-state index in [0.29, 0.717) is 25.9 Å². The Hall–Kier alpha value is -1.92. The maximum absolute atomic E-state index is 12.5. The molecule has 2 unspecified atom stereocenters. The number of carbonyl (C=O) groups is 2. The van der Waals surface area contributed by atoms with Gasteiger partial charge in [-0.05, 0) is 77.0 Å². The smallest absolute Gasteiger partial charge is 0.305 e. The molecule has 3 N–H and O–H groups in total. The van der Waals surface area contributed by atoms with Crippen molar-refractivity contribution in [2.75, 3.05) is 13.2 Å². The van der Waals surface area contributed by atoms with Crippen molar-refractivity contribution in [3.63, 3.8) is 0 Å². The van der Waals surface area contributed by atoms with Crippen molar-refractivity contribution in [3.05, 3.63) is 36.5 Å². The van der Waals surface area contributed by atoms with Crippen molar-refractivity contribution < 1.29 is 24.5 Å². The van der Waals surface area contributed by atoms with Gasteiger partial charge in [-0.25, -0.2) is 0 Å². The van der Waals surface area contributed by atoms with Gasteiger partial charge >= 0.3 is 5.97 Å². The van der Waals surface area contributed by atoms with Gasteiger partial charge in [-0.2, -0.15) is 0 Å². The zero-order valence-corrected chi connectivity index (χ0v) is 49.1. The van der Waals surface area contributed by atoms with Crippen molar-refractivity contribution in [3.8, 4) is 0 Å². The minimum absolute atomic E-state index is 0.000521. The van der Waals surface area contributed by atoms with Gasteiger partial charge in [0.05, 0.1) is 25.4 Å². The first-order valence-electron chi connectivity index (χ1n) is 32.7. The molecule has 0 aliphatic rings. The van der Waals surface area contributed by atoms with Crippen LogP contribution < -0.4 is 5.32 Å². The van der Waals surface area contributed by atoms with E-state index in [2.05, 4.69) is 55.6 Å². The van der Waals surface area contributed by atoms with Crippen molar-refractivity contribution in [1.29, 1.82) is 0 Å². The molecule has 73 heavy (non-hydrogen) atoms. The normalized spacial score (nSPS) is 12.8. The van der Waals surface area contributed by atoms with Gasteiger partial charge in [0.2, 0.25) is 5.91 Å². The third-order valence-electron chi connectivity index (χ3n) is 15.1. The second-order valence-corrected chi connectivity index (χ2v) is 22.4. The Morgan fingerprint density at radius 3 is 1.11 bits per heavy atom. The lowest BCUT2D eigenvalue weighted by atomic mass is 10.0. The molecule has 0 rings (SSSR count). The van der Waals surface area contributed by atoms with Crippen LogP contribution in [0.15, 0.2) is 36.5 Å². The fourth-order valence-corrected chi connectivity index (χ4v) is 10.1. The lowest BCUT2D eigenvalue weighted by Gasteiger charge is -2.22. The number of hydrogen-bond acceptors (Lipinski definition) is 5. The van der Waals surface area contributed by atoms with E-state index in [1.165, 1.54) is 270 Å². The number of hydrogen-bond donors (Lipinski definition) is 3. The monoisotopic (exact) mass is 1030 g/mol. The molecule has 430 valence electrons. The highest BCUT2D eigenvalue weighted by molar-refractivity contribution is 5.76. The Bertz CT molecular complexity index is 1180. The summed E-state index contributed by atoms with van der Waals surface area (Å²) in [6, 6.07) is -0.541. The van der Waals surface area contributed by atoms with E-state index in [9.17, 15) is 19.8 Å². The molecule has 0 radical (unpaired) electrons. The van der Waals surface area contributed by atoms with Gasteiger partial charge in [-0.3, -0.25) is 9.59 Å². The highest BCUT2D eigenvalue weighted by atomic mass is 16.5. The second-order valence-electron chi connectivity index (χ2n) is 22.4. The van der Waals surface area contributed by atoms with Crippen molar-refractivity contribution in [1.82, 2.24) is 5.32 Å². The summed E-state index contributed by atoms with van der Waals surface area (Å²) in [4.78, 5) is 24.5. The zero-order valence-electron chi connectivity index (χ0n) is 49.1. The number of carbonyl (C=O) groups excluding carboxylic acids is 2. The summed E-state index contributed by atoms with van der Waals surface area (Å²) in [6.45, 7) is 4.90. The summed E-state index contributed by atoms with van der Waals surface area (Å²) >= 11 is 0. The summed E-state index contributed by atoms with van der Waals surface area (Å²) in [6.07, 6.45) is 78.9. The number of aliphatic hydroxyl groups excluding tert-OH is 2. The first-order valence-corrected chi connectivity index (χ1v) is 32.7. The first kappa shape index (κ1) is 71.1. The Morgan fingerprint density at radius 2 is 0.712 bits per heavy atom. The highest BCUT2D eigenvalue weighted by Gasteiger charge is 2.20. The molecule has 0 aromatic carbocycles. The van der Waals surface area contributed by atoms with Gasteiger partial charge < -0.3 is 20.3 Å². The molecule has 6 nitrogen and oxygen atoms in total. The molecule has 0 saturated carbocycles. The standard InChI is InChI=1S/C67H127NO5/c1-3-5-7-9-11-13-15-17-32-36-39-43-47-51-55-59-65(70)64(63-69)68-66(71)60-56-52-48-44-40-37-33-30-28-26-24-22-20-18-19-21-23-25-27-29-31-34-38-42-46-50-54-58-62-73-67(72)61-57-53-49-45-41-35-16-14-12-10-8-6-4-2/h8,10,14,16,18-19,64-65,69-70H,3-7,9,11-13,15,17,20-63H2,1-2H3,(H,68,71)/b10-8-,16-14-,19-18-. The van der Waals surface area contributed by atoms with Crippen LogP contribution >= 0.6 is 0 Å². The number of aliphatic hydroxyl groups is 2. The minimum atomic E-state index is -0.664. The van der Waals surface area contributed by atoms with Crippen LogP contribution in [0, 0.1) is 0 Å². The van der Waals surface area contributed by atoms with Crippen LogP contribution in [0.4, 0.5) is 0 Å². The lowest BCUT2D eigenvalue weighted by molar-refractivity contribution is -0.143. The van der Waals surface area contributed by atoms with Crippen LogP contribution in [0.2, 0.25) is 0 Å². The van der Waals surface area contributed by atoms with Crippen LogP contribution in [0.1, 0.15) is 354 Å².